The molecule has 0 fully saturated rings. The summed E-state index contributed by atoms with van der Waals surface area (Å²) in [6.45, 7) is -1.28. The molecule has 0 bridgehead atoms. The van der Waals surface area contributed by atoms with Gasteiger partial charge in [-0.2, -0.15) is 0 Å². The van der Waals surface area contributed by atoms with Crippen LogP contribution in [0.25, 0.3) is 0 Å². The van der Waals surface area contributed by atoms with Gasteiger partial charge < -0.3 is 31.3 Å². The highest BCUT2D eigenvalue weighted by Crippen LogP contribution is 2.29. The number of ether oxygens (including phenoxy) is 1. The predicted molar refractivity (Wildman–Crippen MR) is 130 cm³/mol. The number of hydrogen-bond acceptors (Lipinski definition) is 6. The fourth-order valence-electron chi connectivity index (χ4n) is 3.26. The summed E-state index contributed by atoms with van der Waals surface area (Å²) in [7, 11) is 0. The van der Waals surface area contributed by atoms with E-state index in [4.69, 9.17) is 32.6 Å². The first kappa shape index (κ1) is 25.5. The molecule has 7 N–H and O–H groups in total. The van der Waals surface area contributed by atoms with Gasteiger partial charge in [-0.05, 0) is 54.6 Å². The third kappa shape index (κ3) is 6.69. The average molecular weight is 501 g/mol. The second-order valence-corrected chi connectivity index (χ2v) is 7.82. The number of amides is 1. The number of nitrogens with two attached hydrogens (primary N) is 1. The molecule has 182 valence electrons. The van der Waals surface area contributed by atoms with E-state index in [1.54, 1.807) is 36.4 Å². The number of aliphatic carboxylic acids is 1. The Hall–Kier alpha value is -4.15. The lowest BCUT2D eigenvalue weighted by atomic mass is 10.1. The lowest BCUT2D eigenvalue weighted by molar-refractivity contribution is -0.139. The van der Waals surface area contributed by atoms with Crippen molar-refractivity contribution in [3.63, 3.8) is 0 Å². The average Bonchev–Trinajstić information content (AvgIpc) is 2.82. The molecule has 0 radical (unpaired) electrons. The fourth-order valence-corrected chi connectivity index (χ4v) is 3.43. The minimum absolute atomic E-state index is 0.0364. The van der Waals surface area contributed by atoms with E-state index in [-0.39, 0.29) is 34.8 Å². The molecule has 3 rings (SSSR count). The number of nitrogen functional groups attached to an aromatic ring is 1. The second kappa shape index (κ2) is 11.3. The number of hydrogen-bond donors (Lipinski definition) is 6. The first-order chi connectivity index (χ1) is 16.7. The number of benzene rings is 3. The Labute approximate surface area is 204 Å². The van der Waals surface area contributed by atoms with Crippen molar-refractivity contribution < 1.29 is 28.9 Å². The van der Waals surface area contributed by atoms with E-state index >= 15 is 0 Å². The van der Waals surface area contributed by atoms with Crippen molar-refractivity contribution in [2.24, 2.45) is 5.73 Å². The van der Waals surface area contributed by atoms with Crippen molar-refractivity contribution in [1.82, 2.24) is 0 Å². The van der Waals surface area contributed by atoms with Crippen LogP contribution in [0.2, 0.25) is 5.02 Å². The molecule has 3 aromatic carbocycles. The molecule has 0 unspecified atom stereocenters. The van der Waals surface area contributed by atoms with Crippen LogP contribution in [0.15, 0.2) is 54.6 Å². The van der Waals surface area contributed by atoms with Crippen LogP contribution in [0, 0.1) is 11.2 Å². The Morgan fingerprint density at radius 3 is 2.40 bits per heavy atom. The number of carbonyl (C=O) groups is 2. The molecular weight excluding hydrogens is 479 g/mol. The molecule has 0 aliphatic carbocycles. The SMILES string of the molecule is N=C(N)c1ccc(NC(=O)c2cc(Cl)ccc2NCc2cc(F)cc(CO)c2OCC(=O)O)cc1. The molecule has 35 heavy (non-hydrogen) atoms. The molecule has 0 heterocycles. The maximum Gasteiger partial charge on any atom is 0.341 e. The maximum atomic E-state index is 14.1. The number of aliphatic hydroxyl groups excluding tert-OH is 1. The molecule has 0 atom stereocenters. The molecule has 11 heteroatoms. The van der Waals surface area contributed by atoms with Gasteiger partial charge in [-0.25, -0.2) is 9.18 Å². The summed E-state index contributed by atoms with van der Waals surface area (Å²) in [4.78, 5) is 23.9. The van der Waals surface area contributed by atoms with Crippen LogP contribution in [-0.2, 0) is 17.9 Å². The van der Waals surface area contributed by atoms with Crippen LogP contribution in [0.1, 0.15) is 27.0 Å². The minimum atomic E-state index is -1.23. The van der Waals surface area contributed by atoms with Gasteiger partial charge in [0.05, 0.1) is 12.2 Å². The quantitative estimate of drug-likeness (QED) is 0.183. The number of rotatable bonds is 10. The van der Waals surface area contributed by atoms with E-state index in [9.17, 15) is 19.1 Å². The van der Waals surface area contributed by atoms with Crippen molar-refractivity contribution in [1.29, 1.82) is 5.41 Å². The second-order valence-electron chi connectivity index (χ2n) is 7.38. The van der Waals surface area contributed by atoms with Gasteiger partial charge in [0.1, 0.15) is 17.4 Å². The smallest absolute Gasteiger partial charge is 0.341 e. The molecule has 9 nitrogen and oxygen atoms in total. The van der Waals surface area contributed by atoms with Crippen molar-refractivity contribution in [3.8, 4) is 5.75 Å². The van der Waals surface area contributed by atoms with Crippen LogP contribution in [0.5, 0.6) is 5.75 Å². The van der Waals surface area contributed by atoms with E-state index < -0.39 is 30.9 Å². The summed E-state index contributed by atoms with van der Waals surface area (Å²) in [6, 6.07) is 13.2. The number of carboxylic acids is 1. The molecule has 0 saturated heterocycles. The molecule has 0 spiro atoms. The topological polar surface area (TPSA) is 158 Å². The molecule has 0 aliphatic heterocycles. The first-order valence-electron chi connectivity index (χ1n) is 10.2. The van der Waals surface area contributed by atoms with E-state index in [1.807, 2.05) is 0 Å². The predicted octanol–water partition coefficient (Wildman–Crippen LogP) is 3.58. The highest BCUT2D eigenvalue weighted by Gasteiger charge is 2.17. The van der Waals surface area contributed by atoms with Gasteiger partial charge >= 0.3 is 5.97 Å². The monoisotopic (exact) mass is 500 g/mol. The zero-order chi connectivity index (χ0) is 25.5. The van der Waals surface area contributed by atoms with Gasteiger partial charge in [0, 0.05) is 39.6 Å². The Morgan fingerprint density at radius 1 is 1.09 bits per heavy atom. The van der Waals surface area contributed by atoms with Crippen LogP contribution >= 0.6 is 11.6 Å². The Morgan fingerprint density at radius 2 is 1.77 bits per heavy atom. The summed E-state index contributed by atoms with van der Waals surface area (Å²) in [5.41, 5.74) is 7.31. The number of carboxylic acid groups (broad SMARTS) is 1. The number of amidine groups is 1. The number of carbonyl (C=O) groups excluding carboxylic acids is 1. The summed E-state index contributed by atoms with van der Waals surface area (Å²) in [6.07, 6.45) is 0. The number of nitrogens with one attached hydrogen (secondary N) is 3. The van der Waals surface area contributed by atoms with Crippen LogP contribution < -0.4 is 21.1 Å². The van der Waals surface area contributed by atoms with Crippen molar-refractivity contribution in [3.05, 3.63) is 87.7 Å². The highest BCUT2D eigenvalue weighted by molar-refractivity contribution is 6.31. The fraction of sp³-hybridized carbons (Fsp3) is 0.125. The van der Waals surface area contributed by atoms with E-state index in [2.05, 4.69) is 10.6 Å². The Balaban J connectivity index is 1.84. The third-order valence-electron chi connectivity index (χ3n) is 4.87. The normalized spacial score (nSPS) is 10.5. The standard InChI is InChI=1S/C24H22ClFN4O5/c25-16-3-6-20(19(9-16)24(34)30-18-4-1-13(2-5-18)23(27)28)29-10-14-7-17(26)8-15(11-31)22(14)35-12-21(32)33/h1-9,29,31H,10-12H2,(H3,27,28)(H,30,34)(H,32,33). The summed E-state index contributed by atoms with van der Waals surface area (Å²) in [5.74, 6) is -2.42. The molecule has 1 amide bonds. The lowest BCUT2D eigenvalue weighted by Gasteiger charge is -2.17. The van der Waals surface area contributed by atoms with Gasteiger partial charge in [0.25, 0.3) is 5.91 Å². The molecule has 0 aromatic heterocycles. The highest BCUT2D eigenvalue weighted by atomic mass is 35.5. The molecule has 0 aliphatic rings. The largest absolute Gasteiger partial charge is 0.481 e. The van der Waals surface area contributed by atoms with E-state index in [0.29, 0.717) is 22.0 Å². The molecule has 0 saturated carbocycles. The van der Waals surface area contributed by atoms with Gasteiger partial charge in [-0.15, -0.1) is 0 Å². The number of aliphatic hydroxyl groups is 1. The lowest BCUT2D eigenvalue weighted by Crippen LogP contribution is -2.16. The van der Waals surface area contributed by atoms with Crippen molar-refractivity contribution >= 4 is 40.7 Å². The van der Waals surface area contributed by atoms with Crippen molar-refractivity contribution in [2.45, 2.75) is 13.2 Å². The Bertz CT molecular complexity index is 1270. The van der Waals surface area contributed by atoms with Crippen LogP contribution in [0.4, 0.5) is 15.8 Å². The van der Waals surface area contributed by atoms with Gasteiger partial charge in [-0.1, -0.05) is 11.6 Å². The van der Waals surface area contributed by atoms with Gasteiger partial charge in [0.15, 0.2) is 6.61 Å². The Kier molecular flexibility index (Phi) is 8.24. The molecule has 3 aromatic rings. The summed E-state index contributed by atoms with van der Waals surface area (Å²) in [5, 5.41) is 32.0. The third-order valence-corrected chi connectivity index (χ3v) is 5.10. The maximum absolute atomic E-state index is 14.1. The van der Waals surface area contributed by atoms with Crippen LogP contribution in [-0.4, -0.2) is 34.5 Å². The summed E-state index contributed by atoms with van der Waals surface area (Å²) >= 11 is 6.09. The van der Waals surface area contributed by atoms with Gasteiger partial charge in [-0.3, -0.25) is 10.2 Å². The first-order valence-corrected chi connectivity index (χ1v) is 10.6. The van der Waals surface area contributed by atoms with Gasteiger partial charge in [0.2, 0.25) is 0 Å². The summed E-state index contributed by atoms with van der Waals surface area (Å²) < 4.78 is 19.4. The van der Waals surface area contributed by atoms with Crippen molar-refractivity contribution in [2.75, 3.05) is 17.2 Å². The number of halogens is 2. The zero-order valence-corrected chi connectivity index (χ0v) is 19.0. The van der Waals surface area contributed by atoms with E-state index in [0.717, 1.165) is 12.1 Å². The molecular formula is C24H22ClFN4O5. The van der Waals surface area contributed by atoms with Crippen LogP contribution in [0.3, 0.4) is 0 Å². The minimum Gasteiger partial charge on any atom is -0.481 e. The van der Waals surface area contributed by atoms with E-state index in [1.165, 1.54) is 6.07 Å². The zero-order valence-electron chi connectivity index (χ0n) is 18.3. The number of anilines is 2.